The molecule has 0 bridgehead atoms. The largest absolute Gasteiger partial charge is 0.454 e. The van der Waals surface area contributed by atoms with Gasteiger partial charge in [-0.25, -0.2) is 0 Å². The summed E-state index contributed by atoms with van der Waals surface area (Å²) in [6, 6.07) is 9.41. The zero-order chi connectivity index (χ0) is 15.2. The minimum atomic E-state index is 0.263. The molecule has 0 aliphatic rings. The van der Waals surface area contributed by atoms with Crippen molar-refractivity contribution in [1.82, 2.24) is 10.3 Å². The molecular formula is C16H18Cl2N2O. The van der Waals surface area contributed by atoms with E-state index in [9.17, 15) is 0 Å². The summed E-state index contributed by atoms with van der Waals surface area (Å²) < 4.78 is 5.72. The summed E-state index contributed by atoms with van der Waals surface area (Å²) in [6.45, 7) is 5.13. The fourth-order valence-corrected chi connectivity index (χ4v) is 2.38. The van der Waals surface area contributed by atoms with E-state index in [1.165, 1.54) is 0 Å². The van der Waals surface area contributed by atoms with E-state index < -0.39 is 0 Å². The molecule has 1 aromatic heterocycles. The molecule has 0 saturated heterocycles. The predicted octanol–water partition coefficient (Wildman–Crippen LogP) is 5.24. The Hall–Kier alpha value is -1.29. The van der Waals surface area contributed by atoms with Crippen LogP contribution in [0.2, 0.25) is 10.0 Å². The first-order valence-electron chi connectivity index (χ1n) is 6.96. The fraction of sp³-hybridized carbons (Fsp3) is 0.312. The summed E-state index contributed by atoms with van der Waals surface area (Å²) in [5.74, 6) is 1.16. The highest BCUT2D eigenvalue weighted by Crippen LogP contribution is 2.34. The van der Waals surface area contributed by atoms with Gasteiger partial charge in [-0.05, 0) is 37.2 Å². The first kappa shape index (κ1) is 16.1. The molecule has 5 heteroatoms. The van der Waals surface area contributed by atoms with Crippen molar-refractivity contribution in [2.75, 3.05) is 6.54 Å². The molecule has 0 spiro atoms. The molecule has 2 aromatic rings. The highest BCUT2D eigenvalue weighted by molar-refractivity contribution is 6.42. The predicted molar refractivity (Wildman–Crippen MR) is 87.5 cm³/mol. The second kappa shape index (κ2) is 7.64. The quantitative estimate of drug-likeness (QED) is 0.788. The average molecular weight is 325 g/mol. The van der Waals surface area contributed by atoms with Crippen molar-refractivity contribution in [1.29, 1.82) is 0 Å². The van der Waals surface area contributed by atoms with Crippen molar-refractivity contribution in [3.63, 3.8) is 0 Å². The Morgan fingerprint density at radius 1 is 1.19 bits per heavy atom. The van der Waals surface area contributed by atoms with Gasteiger partial charge in [0.2, 0.25) is 0 Å². The molecule has 2 rings (SSSR count). The molecule has 1 atom stereocenters. The molecule has 1 N–H and O–H groups in total. The van der Waals surface area contributed by atoms with E-state index in [4.69, 9.17) is 27.9 Å². The number of nitrogens with zero attached hydrogens (tertiary/aromatic N) is 1. The van der Waals surface area contributed by atoms with Gasteiger partial charge in [-0.2, -0.15) is 0 Å². The van der Waals surface area contributed by atoms with E-state index >= 15 is 0 Å². The number of hydrogen-bond acceptors (Lipinski definition) is 3. The lowest BCUT2D eigenvalue weighted by Gasteiger charge is -2.15. The molecule has 0 radical (unpaired) electrons. The maximum Gasteiger partial charge on any atom is 0.147 e. The Morgan fingerprint density at radius 2 is 2.00 bits per heavy atom. The molecule has 0 amide bonds. The van der Waals surface area contributed by atoms with Crippen LogP contribution >= 0.6 is 23.2 Å². The topological polar surface area (TPSA) is 34.1 Å². The van der Waals surface area contributed by atoms with Gasteiger partial charge in [-0.1, -0.05) is 43.1 Å². The van der Waals surface area contributed by atoms with Gasteiger partial charge < -0.3 is 10.1 Å². The van der Waals surface area contributed by atoms with Crippen molar-refractivity contribution in [3.8, 4) is 11.5 Å². The number of benzene rings is 1. The van der Waals surface area contributed by atoms with Crippen molar-refractivity contribution < 1.29 is 4.74 Å². The molecule has 0 fully saturated rings. The number of hydrogen-bond donors (Lipinski definition) is 1. The molecule has 0 aliphatic heterocycles. The maximum absolute atomic E-state index is 6.10. The maximum atomic E-state index is 6.10. The number of rotatable bonds is 6. The summed E-state index contributed by atoms with van der Waals surface area (Å²) in [5, 5.41) is 4.27. The Morgan fingerprint density at radius 3 is 2.62 bits per heavy atom. The molecule has 112 valence electrons. The van der Waals surface area contributed by atoms with Crippen LogP contribution in [0, 0.1) is 0 Å². The first-order valence-corrected chi connectivity index (χ1v) is 7.72. The number of pyridine rings is 1. The lowest BCUT2D eigenvalue weighted by atomic mass is 10.1. The van der Waals surface area contributed by atoms with Crippen LogP contribution < -0.4 is 10.1 Å². The summed E-state index contributed by atoms with van der Waals surface area (Å²) in [7, 11) is 0. The van der Waals surface area contributed by atoms with Gasteiger partial charge in [0.25, 0.3) is 0 Å². The van der Waals surface area contributed by atoms with E-state index in [0.29, 0.717) is 21.5 Å². The Labute approximate surface area is 135 Å². The van der Waals surface area contributed by atoms with Crippen LogP contribution in [0.15, 0.2) is 36.5 Å². The normalized spacial score (nSPS) is 12.2. The van der Waals surface area contributed by atoms with E-state index in [1.807, 2.05) is 12.1 Å². The summed E-state index contributed by atoms with van der Waals surface area (Å²) in [4.78, 5) is 4.45. The Kier molecular flexibility index (Phi) is 5.85. The average Bonchev–Trinajstić information content (AvgIpc) is 2.50. The van der Waals surface area contributed by atoms with Crippen LogP contribution in [-0.4, -0.2) is 11.5 Å². The summed E-state index contributed by atoms with van der Waals surface area (Å²) in [5.41, 5.74) is 1.00. The lowest BCUT2D eigenvalue weighted by Crippen LogP contribution is -2.20. The second-order valence-electron chi connectivity index (χ2n) is 4.59. The third kappa shape index (κ3) is 4.10. The standard InChI is InChI=1S/C16H18Cl2N2O/c1-3-13(19-4-2)14-9-8-11(10-20-14)21-15-7-5-6-12(17)16(15)18/h5-10,13,19H,3-4H2,1-2H3. The third-order valence-corrected chi connectivity index (χ3v) is 3.92. The number of nitrogens with one attached hydrogen (secondary N) is 1. The molecule has 3 nitrogen and oxygen atoms in total. The molecule has 1 unspecified atom stereocenters. The number of ether oxygens (including phenoxy) is 1. The van der Waals surface area contributed by atoms with Crippen LogP contribution in [0.4, 0.5) is 0 Å². The minimum Gasteiger partial charge on any atom is -0.454 e. The monoisotopic (exact) mass is 324 g/mol. The molecule has 1 aromatic carbocycles. The van der Waals surface area contributed by atoms with Crippen molar-refractivity contribution in [2.24, 2.45) is 0 Å². The first-order chi connectivity index (χ1) is 10.2. The summed E-state index contributed by atoms with van der Waals surface area (Å²) >= 11 is 12.1. The molecule has 1 heterocycles. The van der Waals surface area contributed by atoms with Crippen LogP contribution in [0.5, 0.6) is 11.5 Å². The van der Waals surface area contributed by atoms with E-state index in [0.717, 1.165) is 18.7 Å². The molecule has 21 heavy (non-hydrogen) atoms. The highest BCUT2D eigenvalue weighted by atomic mass is 35.5. The number of halogens is 2. The zero-order valence-electron chi connectivity index (χ0n) is 12.1. The van der Waals surface area contributed by atoms with E-state index in [1.54, 1.807) is 24.4 Å². The van der Waals surface area contributed by atoms with Gasteiger partial charge >= 0.3 is 0 Å². The van der Waals surface area contributed by atoms with Gasteiger partial charge in [-0.3, -0.25) is 4.98 Å². The van der Waals surface area contributed by atoms with Gasteiger partial charge in [0.15, 0.2) is 0 Å². The molecule has 0 aliphatic carbocycles. The van der Waals surface area contributed by atoms with Crippen LogP contribution in [0.1, 0.15) is 32.0 Å². The SMILES string of the molecule is CCNC(CC)c1ccc(Oc2cccc(Cl)c2Cl)cn1. The fourth-order valence-electron chi connectivity index (χ4n) is 2.05. The van der Waals surface area contributed by atoms with Gasteiger partial charge in [-0.15, -0.1) is 0 Å². The Balaban J connectivity index is 2.14. The van der Waals surface area contributed by atoms with Crippen molar-refractivity contribution >= 4 is 23.2 Å². The van der Waals surface area contributed by atoms with Crippen LogP contribution in [0.25, 0.3) is 0 Å². The van der Waals surface area contributed by atoms with Gasteiger partial charge in [0.05, 0.1) is 16.9 Å². The van der Waals surface area contributed by atoms with Crippen molar-refractivity contribution in [2.45, 2.75) is 26.3 Å². The van der Waals surface area contributed by atoms with E-state index in [2.05, 4.69) is 24.1 Å². The minimum absolute atomic E-state index is 0.263. The highest BCUT2D eigenvalue weighted by Gasteiger charge is 2.10. The number of aromatic nitrogens is 1. The third-order valence-electron chi connectivity index (χ3n) is 3.12. The van der Waals surface area contributed by atoms with Crippen molar-refractivity contribution in [3.05, 3.63) is 52.3 Å². The van der Waals surface area contributed by atoms with E-state index in [-0.39, 0.29) is 6.04 Å². The Bertz CT molecular complexity index is 587. The van der Waals surface area contributed by atoms with Crippen LogP contribution in [-0.2, 0) is 0 Å². The van der Waals surface area contributed by atoms with Gasteiger partial charge in [0.1, 0.15) is 16.5 Å². The second-order valence-corrected chi connectivity index (χ2v) is 5.38. The lowest BCUT2D eigenvalue weighted by molar-refractivity contribution is 0.476. The smallest absolute Gasteiger partial charge is 0.147 e. The summed E-state index contributed by atoms with van der Waals surface area (Å²) in [6.07, 6.45) is 2.69. The van der Waals surface area contributed by atoms with Gasteiger partial charge in [0, 0.05) is 6.04 Å². The molecular weight excluding hydrogens is 307 g/mol. The molecule has 0 saturated carbocycles. The zero-order valence-corrected chi connectivity index (χ0v) is 13.6. The van der Waals surface area contributed by atoms with Crippen LogP contribution in [0.3, 0.4) is 0 Å².